The number of halogens is 3. The molecule has 28 heavy (non-hydrogen) atoms. The maximum Gasteiger partial charge on any atom is 0.147 e. The lowest BCUT2D eigenvalue weighted by molar-refractivity contribution is 0.203. The number of aryl methyl sites for hydroxylation is 2. The zero-order valence-electron chi connectivity index (χ0n) is 15.8. The standard InChI is InChI=1S/C21H22Br3N3O/c1-12-10-27(18-9-16(23)15(22)8-17(18)24)21-20(12)19(7-13(2)25-21)26-5-3-14(11-28)4-6-26/h7-10,14,28H,3-6,11H2,1-2H3. The van der Waals surface area contributed by atoms with Crippen molar-refractivity contribution >= 4 is 64.5 Å². The lowest BCUT2D eigenvalue weighted by Gasteiger charge is -2.33. The maximum absolute atomic E-state index is 9.46. The molecule has 1 aliphatic rings. The Balaban J connectivity index is 1.86. The average molecular weight is 572 g/mol. The van der Waals surface area contributed by atoms with Crippen LogP contribution in [0.3, 0.4) is 0 Å². The Hall–Kier alpha value is -0.890. The predicted molar refractivity (Wildman–Crippen MR) is 126 cm³/mol. The first kappa shape index (κ1) is 20.4. The smallest absolute Gasteiger partial charge is 0.147 e. The van der Waals surface area contributed by atoms with E-state index in [1.54, 1.807) is 0 Å². The number of aliphatic hydroxyl groups excluding tert-OH is 1. The molecule has 0 spiro atoms. The summed E-state index contributed by atoms with van der Waals surface area (Å²) in [6.45, 7) is 6.45. The lowest BCUT2D eigenvalue weighted by atomic mass is 9.97. The van der Waals surface area contributed by atoms with Gasteiger partial charge in [0.15, 0.2) is 0 Å². The van der Waals surface area contributed by atoms with Crippen LogP contribution in [0.2, 0.25) is 0 Å². The molecule has 1 aromatic carbocycles. The van der Waals surface area contributed by atoms with Gasteiger partial charge in [0.05, 0.1) is 5.69 Å². The molecule has 148 valence electrons. The fraction of sp³-hybridized carbons (Fsp3) is 0.381. The van der Waals surface area contributed by atoms with E-state index >= 15 is 0 Å². The normalized spacial score (nSPS) is 15.6. The molecule has 7 heteroatoms. The number of rotatable bonds is 3. The van der Waals surface area contributed by atoms with Crippen molar-refractivity contribution in [3.05, 3.63) is 49.1 Å². The summed E-state index contributed by atoms with van der Waals surface area (Å²) in [5.74, 6) is 0.427. The van der Waals surface area contributed by atoms with Crippen molar-refractivity contribution < 1.29 is 5.11 Å². The molecular weight excluding hydrogens is 550 g/mol. The fourth-order valence-corrected chi connectivity index (χ4v) is 5.51. The van der Waals surface area contributed by atoms with E-state index in [4.69, 9.17) is 4.98 Å². The molecule has 0 radical (unpaired) electrons. The van der Waals surface area contributed by atoms with Gasteiger partial charge < -0.3 is 10.0 Å². The van der Waals surface area contributed by atoms with Gasteiger partial charge in [0.2, 0.25) is 0 Å². The van der Waals surface area contributed by atoms with Gasteiger partial charge >= 0.3 is 0 Å². The third-order valence-electron chi connectivity index (χ3n) is 5.52. The molecule has 1 aliphatic heterocycles. The fourth-order valence-electron chi connectivity index (χ4n) is 4.00. The molecule has 4 nitrogen and oxygen atoms in total. The average Bonchev–Trinajstić information content (AvgIpc) is 3.00. The summed E-state index contributed by atoms with van der Waals surface area (Å²) in [5.41, 5.74) is 5.51. The van der Waals surface area contributed by atoms with E-state index in [0.717, 1.165) is 56.4 Å². The highest BCUT2D eigenvalue weighted by Gasteiger charge is 2.23. The van der Waals surface area contributed by atoms with Crippen molar-refractivity contribution in [2.24, 2.45) is 5.92 Å². The van der Waals surface area contributed by atoms with Gasteiger partial charge in [-0.25, -0.2) is 4.98 Å². The zero-order valence-corrected chi connectivity index (χ0v) is 20.6. The van der Waals surface area contributed by atoms with Gasteiger partial charge in [-0.05, 0) is 104 Å². The number of hydrogen-bond donors (Lipinski definition) is 1. The van der Waals surface area contributed by atoms with Crippen LogP contribution >= 0.6 is 47.8 Å². The first-order valence-electron chi connectivity index (χ1n) is 9.39. The molecular formula is C21H22Br3N3O. The Morgan fingerprint density at radius 2 is 1.68 bits per heavy atom. The number of fused-ring (bicyclic) bond motifs is 1. The molecule has 0 unspecified atom stereocenters. The highest BCUT2D eigenvalue weighted by molar-refractivity contribution is 9.13. The molecule has 0 aliphatic carbocycles. The van der Waals surface area contributed by atoms with Gasteiger partial charge in [-0.1, -0.05) is 0 Å². The van der Waals surface area contributed by atoms with Gasteiger partial charge in [0, 0.05) is 56.1 Å². The van der Waals surface area contributed by atoms with Crippen LogP contribution in [0.25, 0.3) is 16.7 Å². The largest absolute Gasteiger partial charge is 0.396 e. The van der Waals surface area contributed by atoms with Crippen molar-refractivity contribution in [2.45, 2.75) is 26.7 Å². The lowest BCUT2D eigenvalue weighted by Crippen LogP contribution is -2.35. The van der Waals surface area contributed by atoms with Crippen LogP contribution in [0.15, 0.2) is 37.8 Å². The summed E-state index contributed by atoms with van der Waals surface area (Å²) in [7, 11) is 0. The van der Waals surface area contributed by atoms with Crippen LogP contribution in [0.4, 0.5) is 5.69 Å². The Bertz CT molecular complexity index is 1040. The van der Waals surface area contributed by atoms with Gasteiger partial charge in [-0.15, -0.1) is 0 Å². The third-order valence-corrected chi connectivity index (χ3v) is 7.99. The number of benzene rings is 1. The summed E-state index contributed by atoms with van der Waals surface area (Å²) in [6, 6.07) is 6.35. The molecule has 0 atom stereocenters. The Kier molecular flexibility index (Phi) is 5.89. The van der Waals surface area contributed by atoms with Crippen molar-refractivity contribution in [1.29, 1.82) is 0 Å². The molecule has 0 saturated carbocycles. The molecule has 4 rings (SSSR count). The van der Waals surface area contributed by atoms with Crippen molar-refractivity contribution in [3.8, 4) is 5.69 Å². The number of piperidine rings is 1. The minimum Gasteiger partial charge on any atom is -0.396 e. The van der Waals surface area contributed by atoms with Crippen LogP contribution in [0, 0.1) is 19.8 Å². The first-order chi connectivity index (χ1) is 13.4. The maximum atomic E-state index is 9.46. The number of aliphatic hydroxyl groups is 1. The second-order valence-corrected chi connectivity index (χ2v) is 10.1. The summed E-state index contributed by atoms with van der Waals surface area (Å²) in [6.07, 6.45) is 4.23. The highest BCUT2D eigenvalue weighted by atomic mass is 79.9. The van der Waals surface area contributed by atoms with E-state index in [-0.39, 0.29) is 0 Å². The molecule has 3 heterocycles. The molecule has 1 fully saturated rings. The summed E-state index contributed by atoms with van der Waals surface area (Å²) in [5, 5.41) is 10.7. The number of nitrogens with zero attached hydrogens (tertiary/aromatic N) is 3. The third kappa shape index (κ3) is 3.66. The quantitative estimate of drug-likeness (QED) is 0.384. The van der Waals surface area contributed by atoms with Crippen LogP contribution in [-0.2, 0) is 0 Å². The van der Waals surface area contributed by atoms with Gasteiger partial charge in [0.25, 0.3) is 0 Å². The molecule has 3 aromatic rings. The van der Waals surface area contributed by atoms with Crippen LogP contribution < -0.4 is 4.90 Å². The van der Waals surface area contributed by atoms with Crippen LogP contribution in [-0.4, -0.2) is 34.4 Å². The highest BCUT2D eigenvalue weighted by Crippen LogP contribution is 2.38. The zero-order chi connectivity index (χ0) is 20.0. The SMILES string of the molecule is Cc1cc(N2CCC(CO)CC2)c2c(C)cn(-c3cc(Br)c(Br)cc3Br)c2n1. The second-order valence-electron chi connectivity index (χ2n) is 7.49. The Labute approximate surface area is 190 Å². The molecule has 1 N–H and O–H groups in total. The van der Waals surface area contributed by atoms with E-state index in [0.29, 0.717) is 12.5 Å². The first-order valence-corrected chi connectivity index (χ1v) is 11.8. The summed E-state index contributed by atoms with van der Waals surface area (Å²) >= 11 is 10.9. The monoisotopic (exact) mass is 569 g/mol. The summed E-state index contributed by atoms with van der Waals surface area (Å²) < 4.78 is 5.19. The van der Waals surface area contributed by atoms with E-state index in [1.165, 1.54) is 16.6 Å². The number of hydrogen-bond acceptors (Lipinski definition) is 3. The second kappa shape index (κ2) is 8.09. The predicted octanol–water partition coefficient (Wildman–Crippen LogP) is 6.14. The van der Waals surface area contributed by atoms with E-state index in [9.17, 15) is 5.11 Å². The molecule has 0 bridgehead atoms. The summed E-state index contributed by atoms with van der Waals surface area (Å²) in [4.78, 5) is 7.35. The van der Waals surface area contributed by atoms with Gasteiger partial charge in [0.1, 0.15) is 5.65 Å². The van der Waals surface area contributed by atoms with E-state index in [1.807, 2.05) is 0 Å². The van der Waals surface area contributed by atoms with Crippen molar-refractivity contribution in [2.75, 3.05) is 24.6 Å². The van der Waals surface area contributed by atoms with Crippen molar-refractivity contribution in [3.63, 3.8) is 0 Å². The van der Waals surface area contributed by atoms with E-state index in [2.05, 4.69) is 95.5 Å². The van der Waals surface area contributed by atoms with Crippen molar-refractivity contribution in [1.82, 2.24) is 9.55 Å². The Morgan fingerprint density at radius 3 is 2.36 bits per heavy atom. The number of pyridine rings is 1. The number of aromatic nitrogens is 2. The minimum absolute atomic E-state index is 0.292. The van der Waals surface area contributed by atoms with Gasteiger partial charge in [-0.2, -0.15) is 0 Å². The molecule has 1 saturated heterocycles. The number of anilines is 1. The molecule has 0 amide bonds. The topological polar surface area (TPSA) is 41.3 Å². The van der Waals surface area contributed by atoms with E-state index < -0.39 is 0 Å². The van der Waals surface area contributed by atoms with Gasteiger partial charge in [-0.3, -0.25) is 4.57 Å². The minimum atomic E-state index is 0.292. The van der Waals surface area contributed by atoms with Crippen LogP contribution in [0.5, 0.6) is 0 Å². The van der Waals surface area contributed by atoms with Crippen LogP contribution in [0.1, 0.15) is 24.1 Å². The Morgan fingerprint density at radius 1 is 1.00 bits per heavy atom. The molecule has 2 aromatic heterocycles.